The predicted molar refractivity (Wildman–Crippen MR) is 59.2 cm³/mol. The van der Waals surface area contributed by atoms with Crippen LogP contribution in [0.2, 0.25) is 0 Å². The number of rotatable bonds is 4. The molecule has 0 aliphatic heterocycles. The molecule has 7 heteroatoms. The molecule has 86 valence electrons. The van der Waals surface area contributed by atoms with Gasteiger partial charge in [0.2, 0.25) is 5.95 Å². The maximum Gasteiger partial charge on any atom is 0.278 e. The summed E-state index contributed by atoms with van der Waals surface area (Å²) in [7, 11) is 0. The van der Waals surface area contributed by atoms with Crippen molar-refractivity contribution in [3.63, 3.8) is 0 Å². The predicted octanol–water partition coefficient (Wildman–Crippen LogP) is 0.424. The Kier molecular flexibility index (Phi) is 2.86. The summed E-state index contributed by atoms with van der Waals surface area (Å²) >= 11 is 0. The minimum absolute atomic E-state index is 0.254. The van der Waals surface area contributed by atoms with E-state index in [2.05, 4.69) is 19.9 Å². The summed E-state index contributed by atoms with van der Waals surface area (Å²) in [4.78, 5) is 30.5. The monoisotopic (exact) mass is 223 g/mol. The number of imidazole rings is 1. The van der Waals surface area contributed by atoms with Crippen molar-refractivity contribution < 1.29 is 4.84 Å². The maximum absolute atomic E-state index is 11.6. The van der Waals surface area contributed by atoms with Crippen LogP contribution in [0.25, 0.3) is 11.2 Å². The number of hydroxylamine groups is 1. The second kappa shape index (κ2) is 4.31. The molecular weight excluding hydrogens is 210 g/mol. The van der Waals surface area contributed by atoms with E-state index in [0.717, 1.165) is 0 Å². The van der Waals surface area contributed by atoms with Crippen molar-refractivity contribution >= 4 is 17.1 Å². The molecule has 0 atom stereocenters. The van der Waals surface area contributed by atoms with Crippen molar-refractivity contribution in [1.29, 1.82) is 0 Å². The highest BCUT2D eigenvalue weighted by atomic mass is 16.7. The van der Waals surface area contributed by atoms with E-state index in [4.69, 9.17) is 4.84 Å². The Morgan fingerprint density at radius 1 is 1.50 bits per heavy atom. The molecule has 0 spiro atoms. The van der Waals surface area contributed by atoms with E-state index in [-0.39, 0.29) is 5.56 Å². The highest BCUT2D eigenvalue weighted by Gasteiger charge is 2.11. The quantitative estimate of drug-likeness (QED) is 0.734. The van der Waals surface area contributed by atoms with Crippen LogP contribution in [0, 0.1) is 0 Å². The Morgan fingerprint density at radius 3 is 3.00 bits per heavy atom. The van der Waals surface area contributed by atoms with Crippen LogP contribution < -0.4 is 10.6 Å². The third kappa shape index (κ3) is 1.76. The number of hydrogen-bond donors (Lipinski definition) is 2. The molecule has 0 fully saturated rings. The fourth-order valence-electron chi connectivity index (χ4n) is 1.41. The summed E-state index contributed by atoms with van der Waals surface area (Å²) < 4.78 is 0. The molecule has 2 aromatic heterocycles. The first kappa shape index (κ1) is 10.6. The Labute approximate surface area is 91.4 Å². The van der Waals surface area contributed by atoms with Gasteiger partial charge in [0, 0.05) is 6.54 Å². The molecular formula is C9H13N5O2. The molecule has 2 rings (SSSR count). The van der Waals surface area contributed by atoms with Gasteiger partial charge >= 0.3 is 0 Å². The van der Waals surface area contributed by atoms with Gasteiger partial charge in [0.15, 0.2) is 11.2 Å². The van der Waals surface area contributed by atoms with E-state index in [1.165, 1.54) is 11.4 Å². The van der Waals surface area contributed by atoms with Gasteiger partial charge in [0.25, 0.3) is 5.56 Å². The number of anilines is 1. The van der Waals surface area contributed by atoms with E-state index in [1.807, 2.05) is 13.8 Å². The molecule has 2 heterocycles. The second-order valence-corrected chi connectivity index (χ2v) is 3.10. The Hall–Kier alpha value is -1.89. The number of aromatic amines is 2. The van der Waals surface area contributed by atoms with Gasteiger partial charge in [-0.15, -0.1) is 0 Å². The third-order valence-electron chi connectivity index (χ3n) is 2.09. The lowest BCUT2D eigenvalue weighted by molar-refractivity contribution is 0.119. The molecule has 2 N–H and O–H groups in total. The first-order chi connectivity index (χ1) is 7.76. The van der Waals surface area contributed by atoms with Gasteiger partial charge in [-0.2, -0.15) is 4.98 Å². The highest BCUT2D eigenvalue weighted by Crippen LogP contribution is 2.08. The number of nitrogens with zero attached hydrogens (tertiary/aromatic N) is 3. The third-order valence-corrected chi connectivity index (χ3v) is 2.09. The fourth-order valence-corrected chi connectivity index (χ4v) is 1.41. The molecule has 7 nitrogen and oxygen atoms in total. The van der Waals surface area contributed by atoms with Crippen LogP contribution in [-0.2, 0) is 4.84 Å². The summed E-state index contributed by atoms with van der Waals surface area (Å²) in [6.45, 7) is 4.88. The molecule has 0 amide bonds. The first-order valence-electron chi connectivity index (χ1n) is 5.10. The summed E-state index contributed by atoms with van der Waals surface area (Å²) in [5.41, 5.74) is 0.504. The lowest BCUT2D eigenvalue weighted by atomic mass is 10.5. The number of H-pyrrole nitrogens is 2. The lowest BCUT2D eigenvalue weighted by Gasteiger charge is -2.18. The number of aromatic nitrogens is 4. The van der Waals surface area contributed by atoms with E-state index in [9.17, 15) is 4.79 Å². The molecule has 16 heavy (non-hydrogen) atoms. The zero-order valence-electron chi connectivity index (χ0n) is 9.15. The summed E-state index contributed by atoms with van der Waals surface area (Å²) in [5.74, 6) is 0.369. The molecule has 0 saturated carbocycles. The zero-order chi connectivity index (χ0) is 11.5. The van der Waals surface area contributed by atoms with Crippen LogP contribution in [-0.4, -0.2) is 33.1 Å². The summed E-state index contributed by atoms with van der Waals surface area (Å²) in [6, 6.07) is 0. The van der Waals surface area contributed by atoms with Crippen LogP contribution in [0.5, 0.6) is 0 Å². The maximum atomic E-state index is 11.6. The summed E-state index contributed by atoms with van der Waals surface area (Å²) in [5, 5.41) is 1.52. The average Bonchev–Trinajstić information content (AvgIpc) is 2.74. The Balaban J connectivity index is 2.47. The normalized spacial score (nSPS) is 10.9. The largest absolute Gasteiger partial charge is 0.339 e. The van der Waals surface area contributed by atoms with Crippen molar-refractivity contribution in [1.82, 2.24) is 19.9 Å². The SMILES string of the molecule is CCON(CC)c1nc2nc[nH]c2c(=O)[nH]1. The number of fused-ring (bicyclic) bond motifs is 1. The van der Waals surface area contributed by atoms with Crippen molar-refractivity contribution in [2.24, 2.45) is 0 Å². The minimum Gasteiger partial charge on any atom is -0.339 e. The van der Waals surface area contributed by atoms with Crippen LogP contribution >= 0.6 is 0 Å². The van der Waals surface area contributed by atoms with Crippen molar-refractivity contribution in [2.45, 2.75) is 13.8 Å². The van der Waals surface area contributed by atoms with Gasteiger partial charge in [0.1, 0.15) is 0 Å². The molecule has 0 unspecified atom stereocenters. The van der Waals surface area contributed by atoms with Gasteiger partial charge in [-0.1, -0.05) is 0 Å². The van der Waals surface area contributed by atoms with Gasteiger partial charge in [-0.05, 0) is 13.8 Å². The van der Waals surface area contributed by atoms with Crippen LogP contribution in [0.1, 0.15) is 13.8 Å². The minimum atomic E-state index is -0.254. The van der Waals surface area contributed by atoms with Crippen LogP contribution in [0.15, 0.2) is 11.1 Å². The van der Waals surface area contributed by atoms with Crippen molar-refractivity contribution in [3.05, 3.63) is 16.7 Å². The topological polar surface area (TPSA) is 86.9 Å². The number of nitrogens with one attached hydrogen (secondary N) is 2. The zero-order valence-corrected chi connectivity index (χ0v) is 9.15. The van der Waals surface area contributed by atoms with Gasteiger partial charge in [-0.25, -0.2) is 10.0 Å². The van der Waals surface area contributed by atoms with E-state index >= 15 is 0 Å². The molecule has 2 aromatic rings. The summed E-state index contributed by atoms with van der Waals surface area (Å²) in [6.07, 6.45) is 1.44. The molecule has 0 aliphatic rings. The smallest absolute Gasteiger partial charge is 0.278 e. The molecule has 0 saturated heterocycles. The second-order valence-electron chi connectivity index (χ2n) is 3.10. The lowest BCUT2D eigenvalue weighted by Crippen LogP contribution is -2.27. The van der Waals surface area contributed by atoms with Gasteiger partial charge < -0.3 is 4.98 Å². The van der Waals surface area contributed by atoms with Crippen molar-refractivity contribution in [3.8, 4) is 0 Å². The Bertz CT molecular complexity index is 532. The Morgan fingerprint density at radius 2 is 2.31 bits per heavy atom. The van der Waals surface area contributed by atoms with Crippen LogP contribution in [0.4, 0.5) is 5.95 Å². The number of hydrogen-bond acceptors (Lipinski definition) is 5. The van der Waals surface area contributed by atoms with Crippen molar-refractivity contribution in [2.75, 3.05) is 18.2 Å². The van der Waals surface area contributed by atoms with Crippen LogP contribution in [0.3, 0.4) is 0 Å². The molecule has 0 radical (unpaired) electrons. The van der Waals surface area contributed by atoms with E-state index in [0.29, 0.717) is 30.3 Å². The average molecular weight is 223 g/mol. The standard InChI is InChI=1S/C9H13N5O2/c1-3-14(16-4-2)9-12-7-6(8(15)13-9)10-5-11-7/h5H,3-4H2,1-2H3,(H2,10,11,12,13,15). The highest BCUT2D eigenvalue weighted by molar-refractivity contribution is 5.69. The fraction of sp³-hybridized carbons (Fsp3) is 0.444. The van der Waals surface area contributed by atoms with Gasteiger partial charge in [0.05, 0.1) is 12.9 Å². The van der Waals surface area contributed by atoms with Gasteiger partial charge in [-0.3, -0.25) is 14.6 Å². The van der Waals surface area contributed by atoms with E-state index in [1.54, 1.807) is 0 Å². The molecule has 0 bridgehead atoms. The molecule has 0 aromatic carbocycles. The molecule has 0 aliphatic carbocycles. The van der Waals surface area contributed by atoms with E-state index < -0.39 is 0 Å². The first-order valence-corrected chi connectivity index (χ1v) is 5.10.